The van der Waals surface area contributed by atoms with Crippen LogP contribution in [0.2, 0.25) is 0 Å². The molecule has 0 amide bonds. The van der Waals surface area contributed by atoms with Crippen LogP contribution in [0.3, 0.4) is 0 Å². The van der Waals surface area contributed by atoms with Crippen molar-refractivity contribution in [2.45, 2.75) is 103 Å². The molecule has 1 atom stereocenters. The topological polar surface area (TPSA) is 35.5 Å². The highest BCUT2D eigenvalue weighted by atomic mass is 16.6. The first-order valence-corrected chi connectivity index (χ1v) is 9.36. The second-order valence-electron chi connectivity index (χ2n) is 6.28. The smallest absolute Gasteiger partial charge is 0.334 e. The standard InChI is InChI=1S/C19H38O3/c1-4-5-6-7-8-9-10-11-12-13-14-15-16-17-18(21-2)19(20)22-3/h18H,4-17H2,1-3H3. The molecule has 0 heterocycles. The average Bonchev–Trinajstić information content (AvgIpc) is 2.54. The molecule has 0 aromatic heterocycles. The van der Waals surface area contributed by atoms with E-state index in [2.05, 4.69) is 6.92 Å². The fourth-order valence-corrected chi connectivity index (χ4v) is 2.81. The van der Waals surface area contributed by atoms with Crippen LogP contribution in [0.5, 0.6) is 0 Å². The van der Waals surface area contributed by atoms with Crippen LogP contribution < -0.4 is 0 Å². The van der Waals surface area contributed by atoms with Crippen molar-refractivity contribution in [3.63, 3.8) is 0 Å². The summed E-state index contributed by atoms with van der Waals surface area (Å²) in [4.78, 5) is 11.3. The Kier molecular flexibility index (Phi) is 16.4. The lowest BCUT2D eigenvalue weighted by molar-refractivity contribution is -0.152. The van der Waals surface area contributed by atoms with Gasteiger partial charge in [-0.15, -0.1) is 0 Å². The molecule has 0 aromatic rings. The van der Waals surface area contributed by atoms with Crippen molar-refractivity contribution in [1.29, 1.82) is 0 Å². The molecule has 0 rings (SSSR count). The SMILES string of the molecule is CCCCCCCCCCCCCCCC(OC)C(=O)OC. The highest BCUT2D eigenvalue weighted by Crippen LogP contribution is 2.14. The van der Waals surface area contributed by atoms with Gasteiger partial charge in [0.25, 0.3) is 0 Å². The van der Waals surface area contributed by atoms with Gasteiger partial charge in [-0.1, -0.05) is 90.4 Å². The zero-order valence-electron chi connectivity index (χ0n) is 15.2. The monoisotopic (exact) mass is 314 g/mol. The molecule has 1 unspecified atom stereocenters. The molecule has 0 saturated carbocycles. The third-order valence-electron chi connectivity index (χ3n) is 4.32. The van der Waals surface area contributed by atoms with E-state index in [1.54, 1.807) is 7.11 Å². The molecule has 0 saturated heterocycles. The maximum atomic E-state index is 11.3. The molecule has 0 radical (unpaired) electrons. The summed E-state index contributed by atoms with van der Waals surface area (Å²) in [5, 5.41) is 0. The van der Waals surface area contributed by atoms with Crippen LogP contribution in [0.4, 0.5) is 0 Å². The molecule has 3 nitrogen and oxygen atoms in total. The predicted octanol–water partition coefficient (Wildman–Crippen LogP) is 5.66. The van der Waals surface area contributed by atoms with Crippen molar-refractivity contribution in [2.24, 2.45) is 0 Å². The number of carbonyl (C=O) groups excluding carboxylic acids is 1. The van der Waals surface area contributed by atoms with Crippen LogP contribution >= 0.6 is 0 Å². The van der Waals surface area contributed by atoms with E-state index in [4.69, 9.17) is 9.47 Å². The van der Waals surface area contributed by atoms with E-state index in [1.165, 1.54) is 84.2 Å². The number of carbonyl (C=O) groups is 1. The average molecular weight is 315 g/mol. The molecule has 3 heteroatoms. The van der Waals surface area contributed by atoms with E-state index in [-0.39, 0.29) is 12.1 Å². The number of methoxy groups -OCH3 is 2. The largest absolute Gasteiger partial charge is 0.467 e. The predicted molar refractivity (Wildman–Crippen MR) is 93.1 cm³/mol. The Morgan fingerprint density at radius 1 is 0.727 bits per heavy atom. The molecule has 0 bridgehead atoms. The number of ether oxygens (including phenoxy) is 2. The van der Waals surface area contributed by atoms with Gasteiger partial charge >= 0.3 is 5.97 Å². The summed E-state index contributed by atoms with van der Waals surface area (Å²) in [7, 11) is 2.99. The minimum atomic E-state index is -0.377. The Labute approximate surface area is 138 Å². The maximum Gasteiger partial charge on any atom is 0.334 e. The van der Waals surface area contributed by atoms with Crippen molar-refractivity contribution in [3.05, 3.63) is 0 Å². The number of esters is 1. The van der Waals surface area contributed by atoms with Gasteiger partial charge in [-0.25, -0.2) is 4.79 Å². The van der Waals surface area contributed by atoms with Crippen LogP contribution in [0.15, 0.2) is 0 Å². The second-order valence-corrected chi connectivity index (χ2v) is 6.28. The van der Waals surface area contributed by atoms with Crippen molar-refractivity contribution in [3.8, 4) is 0 Å². The quantitative estimate of drug-likeness (QED) is 0.272. The van der Waals surface area contributed by atoms with E-state index in [0.29, 0.717) is 0 Å². The van der Waals surface area contributed by atoms with E-state index < -0.39 is 0 Å². The first-order valence-electron chi connectivity index (χ1n) is 9.36. The van der Waals surface area contributed by atoms with Gasteiger partial charge in [0.2, 0.25) is 0 Å². The summed E-state index contributed by atoms with van der Waals surface area (Å²) in [6, 6.07) is 0. The normalized spacial score (nSPS) is 12.3. The van der Waals surface area contributed by atoms with Gasteiger partial charge in [-0.2, -0.15) is 0 Å². The molecular weight excluding hydrogens is 276 g/mol. The van der Waals surface area contributed by atoms with Crippen molar-refractivity contribution >= 4 is 5.97 Å². The molecule has 0 aromatic carbocycles. The van der Waals surface area contributed by atoms with Crippen LogP contribution in [0, 0.1) is 0 Å². The van der Waals surface area contributed by atoms with Gasteiger partial charge in [-0.3, -0.25) is 0 Å². The highest BCUT2D eigenvalue weighted by molar-refractivity contribution is 5.74. The molecule has 132 valence electrons. The zero-order chi connectivity index (χ0) is 16.5. The first-order chi connectivity index (χ1) is 10.8. The summed E-state index contributed by atoms with van der Waals surface area (Å²) < 4.78 is 9.84. The molecular formula is C19H38O3. The summed E-state index contributed by atoms with van der Waals surface area (Å²) in [5.41, 5.74) is 0. The highest BCUT2D eigenvalue weighted by Gasteiger charge is 2.17. The van der Waals surface area contributed by atoms with Gasteiger partial charge < -0.3 is 9.47 Å². The molecule has 0 aliphatic carbocycles. The number of hydrogen-bond donors (Lipinski definition) is 0. The fourth-order valence-electron chi connectivity index (χ4n) is 2.81. The lowest BCUT2D eigenvalue weighted by atomic mass is 10.0. The van der Waals surface area contributed by atoms with Gasteiger partial charge in [0.05, 0.1) is 7.11 Å². The number of rotatable bonds is 16. The van der Waals surface area contributed by atoms with E-state index in [1.807, 2.05) is 0 Å². The number of hydrogen-bond acceptors (Lipinski definition) is 3. The zero-order valence-corrected chi connectivity index (χ0v) is 15.2. The third kappa shape index (κ3) is 13.1. The van der Waals surface area contributed by atoms with E-state index in [9.17, 15) is 4.79 Å². The van der Waals surface area contributed by atoms with E-state index in [0.717, 1.165) is 12.8 Å². The Hall–Kier alpha value is -0.570. The van der Waals surface area contributed by atoms with Gasteiger partial charge in [0.15, 0.2) is 6.10 Å². The minimum absolute atomic E-state index is 0.249. The summed E-state index contributed by atoms with van der Waals surface area (Å²) >= 11 is 0. The van der Waals surface area contributed by atoms with Crippen LogP contribution in [-0.4, -0.2) is 26.3 Å². The Morgan fingerprint density at radius 2 is 1.14 bits per heavy atom. The Bertz CT molecular complexity index is 241. The third-order valence-corrected chi connectivity index (χ3v) is 4.32. The van der Waals surface area contributed by atoms with E-state index >= 15 is 0 Å². The van der Waals surface area contributed by atoms with Crippen molar-refractivity contribution in [1.82, 2.24) is 0 Å². The van der Waals surface area contributed by atoms with Crippen molar-refractivity contribution in [2.75, 3.05) is 14.2 Å². The van der Waals surface area contributed by atoms with Crippen LogP contribution in [0.25, 0.3) is 0 Å². The maximum absolute atomic E-state index is 11.3. The number of unbranched alkanes of at least 4 members (excludes halogenated alkanes) is 12. The second kappa shape index (κ2) is 16.8. The molecule has 0 spiro atoms. The molecule has 22 heavy (non-hydrogen) atoms. The Balaban J connectivity index is 3.21. The van der Waals surface area contributed by atoms with Gasteiger partial charge in [0.1, 0.15) is 0 Å². The minimum Gasteiger partial charge on any atom is -0.467 e. The fraction of sp³-hybridized carbons (Fsp3) is 0.947. The molecule has 0 fully saturated rings. The van der Waals surface area contributed by atoms with Gasteiger partial charge in [-0.05, 0) is 6.42 Å². The molecule has 0 aliphatic heterocycles. The lowest BCUT2D eigenvalue weighted by Crippen LogP contribution is -2.24. The van der Waals surface area contributed by atoms with Crippen LogP contribution in [0.1, 0.15) is 96.8 Å². The molecule has 0 aliphatic rings. The van der Waals surface area contributed by atoms with Crippen LogP contribution in [-0.2, 0) is 14.3 Å². The summed E-state index contributed by atoms with van der Waals surface area (Å²) in [6.45, 7) is 2.27. The lowest BCUT2D eigenvalue weighted by Gasteiger charge is -2.12. The molecule has 0 N–H and O–H groups in total. The first kappa shape index (κ1) is 21.4. The Morgan fingerprint density at radius 3 is 1.50 bits per heavy atom. The van der Waals surface area contributed by atoms with Crippen molar-refractivity contribution < 1.29 is 14.3 Å². The summed E-state index contributed by atoms with van der Waals surface area (Å²) in [6.07, 6.45) is 17.8. The van der Waals surface area contributed by atoms with Gasteiger partial charge in [0, 0.05) is 7.11 Å². The summed E-state index contributed by atoms with van der Waals surface area (Å²) in [5.74, 6) is -0.249.